The summed E-state index contributed by atoms with van der Waals surface area (Å²) < 4.78 is 6.42. The Morgan fingerprint density at radius 1 is 1.59 bits per heavy atom. The predicted octanol–water partition coefficient (Wildman–Crippen LogP) is 1.52. The van der Waals surface area contributed by atoms with Crippen molar-refractivity contribution >= 4 is 27.5 Å². The number of rotatable bonds is 5. The van der Waals surface area contributed by atoms with Gasteiger partial charge >= 0.3 is 0 Å². The van der Waals surface area contributed by atoms with E-state index in [-0.39, 0.29) is 6.04 Å². The van der Waals surface area contributed by atoms with Crippen LogP contribution in [0.25, 0.3) is 0 Å². The van der Waals surface area contributed by atoms with Gasteiger partial charge in [-0.1, -0.05) is 16.6 Å². The fourth-order valence-electron chi connectivity index (χ4n) is 1.57. The van der Waals surface area contributed by atoms with Crippen molar-refractivity contribution in [2.24, 2.45) is 7.05 Å². The van der Waals surface area contributed by atoms with Gasteiger partial charge in [0.1, 0.15) is 0 Å². The van der Waals surface area contributed by atoms with Crippen LogP contribution < -0.4 is 5.32 Å². The Kier molecular flexibility index (Phi) is 4.19. The lowest BCUT2D eigenvalue weighted by Crippen LogP contribution is -2.24. The van der Waals surface area contributed by atoms with E-state index in [1.165, 1.54) is 11.5 Å². The highest BCUT2D eigenvalue weighted by molar-refractivity contribution is 9.10. The molecule has 0 aliphatic heterocycles. The van der Waals surface area contributed by atoms with E-state index in [4.69, 9.17) is 0 Å². The first-order chi connectivity index (χ1) is 8.24. The first-order valence-electron chi connectivity index (χ1n) is 5.29. The normalized spacial score (nSPS) is 12.9. The number of nitrogens with one attached hydrogen (secondary N) is 1. The zero-order chi connectivity index (χ0) is 12.3. The minimum atomic E-state index is 0.0318. The molecule has 0 amide bonds. The van der Waals surface area contributed by atoms with E-state index in [1.54, 1.807) is 10.9 Å². The van der Waals surface area contributed by atoms with E-state index >= 15 is 0 Å². The molecule has 1 atom stereocenters. The van der Waals surface area contributed by atoms with Gasteiger partial charge in [-0.25, -0.2) is 4.68 Å². The second-order valence-electron chi connectivity index (χ2n) is 3.60. The van der Waals surface area contributed by atoms with Crippen molar-refractivity contribution in [3.05, 3.63) is 21.4 Å². The third-order valence-corrected chi connectivity index (χ3v) is 3.65. The van der Waals surface area contributed by atoms with Crippen LogP contribution in [0.3, 0.4) is 0 Å². The van der Waals surface area contributed by atoms with Crippen LogP contribution >= 0.6 is 27.5 Å². The first kappa shape index (κ1) is 12.6. The second-order valence-corrected chi connectivity index (χ2v) is 5.16. The number of hydrogen-bond acceptors (Lipinski definition) is 6. The lowest BCUT2D eigenvalue weighted by Gasteiger charge is -2.16. The number of aromatic nitrogens is 5. The molecule has 0 spiro atoms. The first-order valence-corrected chi connectivity index (χ1v) is 6.86. The zero-order valence-electron chi connectivity index (χ0n) is 9.59. The van der Waals surface area contributed by atoms with Crippen LogP contribution in [0.4, 0.5) is 0 Å². The summed E-state index contributed by atoms with van der Waals surface area (Å²) in [5.41, 5.74) is 0.990. The molecule has 2 heterocycles. The quantitative estimate of drug-likeness (QED) is 0.905. The summed E-state index contributed by atoms with van der Waals surface area (Å²) in [6.45, 7) is 3.05. The molecule has 0 radical (unpaired) electrons. The molecule has 8 heteroatoms. The molecule has 0 aliphatic carbocycles. The lowest BCUT2D eigenvalue weighted by atomic mass is 10.2. The molecule has 0 aliphatic rings. The van der Waals surface area contributed by atoms with Crippen LogP contribution in [0.5, 0.6) is 0 Å². The van der Waals surface area contributed by atoms with Gasteiger partial charge in [-0.3, -0.25) is 0 Å². The molecule has 2 aromatic rings. The summed E-state index contributed by atoms with van der Waals surface area (Å²) in [4.78, 5) is 1.06. The molecule has 2 aromatic heterocycles. The van der Waals surface area contributed by atoms with Gasteiger partial charge in [-0.05, 0) is 40.4 Å². The van der Waals surface area contributed by atoms with Crippen molar-refractivity contribution < 1.29 is 0 Å². The van der Waals surface area contributed by atoms with Gasteiger partial charge in [0, 0.05) is 7.05 Å². The molecular weight excluding hydrogens is 304 g/mol. The van der Waals surface area contributed by atoms with Crippen LogP contribution in [0.15, 0.2) is 10.8 Å². The number of halogens is 1. The highest BCUT2D eigenvalue weighted by Gasteiger charge is 2.23. The van der Waals surface area contributed by atoms with Crippen molar-refractivity contribution in [3.63, 3.8) is 0 Å². The van der Waals surface area contributed by atoms with Gasteiger partial charge in [0.15, 0.2) is 4.60 Å². The lowest BCUT2D eigenvalue weighted by molar-refractivity contribution is 0.555. The topological polar surface area (TPSA) is 68.5 Å². The van der Waals surface area contributed by atoms with Gasteiger partial charge in [-0.2, -0.15) is 0 Å². The van der Waals surface area contributed by atoms with E-state index in [2.05, 4.69) is 48.1 Å². The van der Waals surface area contributed by atoms with Crippen molar-refractivity contribution in [2.45, 2.75) is 19.4 Å². The van der Waals surface area contributed by atoms with Gasteiger partial charge < -0.3 is 5.32 Å². The molecule has 17 heavy (non-hydrogen) atoms. The Labute approximate surface area is 112 Å². The molecule has 1 unspecified atom stereocenters. The van der Waals surface area contributed by atoms with Crippen LogP contribution in [0, 0.1) is 0 Å². The minimum absolute atomic E-state index is 0.0318. The number of nitrogens with zero attached hydrogens (tertiary/aromatic N) is 5. The molecule has 0 aromatic carbocycles. The summed E-state index contributed by atoms with van der Waals surface area (Å²) in [6.07, 6.45) is 2.84. The summed E-state index contributed by atoms with van der Waals surface area (Å²) in [7, 11) is 1.88. The van der Waals surface area contributed by atoms with E-state index in [0.29, 0.717) is 0 Å². The zero-order valence-corrected chi connectivity index (χ0v) is 12.0. The Morgan fingerprint density at radius 3 is 2.94 bits per heavy atom. The fraction of sp³-hybridized carbons (Fsp3) is 0.556. The molecule has 0 fully saturated rings. The van der Waals surface area contributed by atoms with Crippen molar-refractivity contribution in [1.82, 2.24) is 29.9 Å². The summed E-state index contributed by atoms with van der Waals surface area (Å²) in [5.74, 6) is 0. The van der Waals surface area contributed by atoms with Crippen LogP contribution in [0.1, 0.15) is 30.0 Å². The van der Waals surface area contributed by atoms with Crippen molar-refractivity contribution in [3.8, 4) is 0 Å². The van der Waals surface area contributed by atoms with Crippen LogP contribution in [0.2, 0.25) is 0 Å². The Bertz CT molecular complexity index is 448. The summed E-state index contributed by atoms with van der Waals surface area (Å²) in [5, 5.41) is 15.3. The predicted molar refractivity (Wildman–Crippen MR) is 68.7 cm³/mol. The van der Waals surface area contributed by atoms with E-state index in [1.807, 2.05) is 7.05 Å². The van der Waals surface area contributed by atoms with Gasteiger partial charge in [0.2, 0.25) is 0 Å². The summed E-state index contributed by atoms with van der Waals surface area (Å²) >= 11 is 4.81. The monoisotopic (exact) mass is 316 g/mol. The molecule has 0 saturated heterocycles. The Morgan fingerprint density at radius 2 is 2.41 bits per heavy atom. The molecule has 6 nitrogen and oxygen atoms in total. The molecule has 2 rings (SSSR count). The maximum atomic E-state index is 4.01. The number of aryl methyl sites for hydroxylation is 1. The van der Waals surface area contributed by atoms with Gasteiger partial charge in [0.05, 0.1) is 22.8 Å². The maximum Gasteiger partial charge on any atom is 0.153 e. The van der Waals surface area contributed by atoms with Crippen molar-refractivity contribution in [2.75, 3.05) is 6.54 Å². The Balaban J connectivity index is 2.33. The largest absolute Gasteiger partial charge is 0.304 e. The van der Waals surface area contributed by atoms with Crippen LogP contribution in [-0.4, -0.2) is 31.1 Å². The minimum Gasteiger partial charge on any atom is -0.304 e. The van der Waals surface area contributed by atoms with Gasteiger partial charge in [0.25, 0.3) is 0 Å². The SMILES string of the molecule is CCCNC(c1cnns1)c1c(Br)nnn1C. The molecular formula is C9H13BrN6S. The standard InChI is InChI=1S/C9H13BrN6S/c1-3-4-11-7(6-5-12-15-17-6)8-9(10)13-14-16(8)2/h5,7,11H,3-4H2,1-2H3. The van der Waals surface area contributed by atoms with Gasteiger partial charge in [-0.15, -0.1) is 10.2 Å². The third kappa shape index (κ3) is 2.70. The molecule has 0 bridgehead atoms. The molecule has 1 N–H and O–H groups in total. The number of hydrogen-bond donors (Lipinski definition) is 1. The highest BCUT2D eigenvalue weighted by atomic mass is 79.9. The average molecular weight is 317 g/mol. The maximum absolute atomic E-state index is 4.01. The highest BCUT2D eigenvalue weighted by Crippen LogP contribution is 2.27. The Hall–Kier alpha value is -0.860. The van der Waals surface area contributed by atoms with E-state index in [0.717, 1.165) is 28.1 Å². The smallest absolute Gasteiger partial charge is 0.153 e. The second kappa shape index (κ2) is 5.65. The van der Waals surface area contributed by atoms with Crippen molar-refractivity contribution in [1.29, 1.82) is 0 Å². The van der Waals surface area contributed by atoms with E-state index < -0.39 is 0 Å². The third-order valence-electron chi connectivity index (χ3n) is 2.36. The molecule has 92 valence electrons. The fourth-order valence-corrected chi connectivity index (χ4v) is 2.71. The van der Waals surface area contributed by atoms with Crippen LogP contribution in [-0.2, 0) is 7.05 Å². The molecule has 0 saturated carbocycles. The van der Waals surface area contributed by atoms with E-state index in [9.17, 15) is 0 Å². The average Bonchev–Trinajstić information content (AvgIpc) is 2.93. The summed E-state index contributed by atoms with van der Waals surface area (Å²) in [6, 6.07) is 0.0318.